The van der Waals surface area contributed by atoms with Gasteiger partial charge in [0.2, 0.25) is 0 Å². The summed E-state index contributed by atoms with van der Waals surface area (Å²) in [6, 6.07) is 7.78. The van der Waals surface area contributed by atoms with Gasteiger partial charge in [-0.05, 0) is 31.0 Å². The van der Waals surface area contributed by atoms with Crippen LogP contribution in [0.4, 0.5) is 0 Å². The lowest BCUT2D eigenvalue weighted by Crippen LogP contribution is -2.30. The summed E-state index contributed by atoms with van der Waals surface area (Å²) < 4.78 is 1.55. The van der Waals surface area contributed by atoms with E-state index in [1.807, 2.05) is 24.3 Å². The summed E-state index contributed by atoms with van der Waals surface area (Å²) in [5, 5.41) is 18.6. The SMILES string of the molecule is CCc1ccc(-n2nnc(C(=O)NCC(=O)O)c2C)cc1. The Morgan fingerprint density at radius 1 is 1.29 bits per heavy atom. The topological polar surface area (TPSA) is 97.1 Å². The van der Waals surface area contributed by atoms with Crippen molar-refractivity contribution < 1.29 is 14.7 Å². The summed E-state index contributed by atoms with van der Waals surface area (Å²) in [6.07, 6.45) is 0.944. The Labute approximate surface area is 121 Å². The van der Waals surface area contributed by atoms with Crippen molar-refractivity contribution >= 4 is 11.9 Å². The number of nitrogens with one attached hydrogen (secondary N) is 1. The first-order chi connectivity index (χ1) is 10.0. The number of rotatable bonds is 5. The van der Waals surface area contributed by atoms with E-state index < -0.39 is 18.4 Å². The second-order valence-corrected chi connectivity index (χ2v) is 4.53. The molecule has 0 fully saturated rings. The monoisotopic (exact) mass is 288 g/mol. The normalized spacial score (nSPS) is 10.4. The van der Waals surface area contributed by atoms with Gasteiger partial charge in [-0.25, -0.2) is 4.68 Å². The zero-order valence-electron chi connectivity index (χ0n) is 11.8. The minimum atomic E-state index is -1.11. The van der Waals surface area contributed by atoms with Crippen molar-refractivity contribution in [2.75, 3.05) is 6.54 Å². The van der Waals surface area contributed by atoms with Gasteiger partial charge in [-0.2, -0.15) is 0 Å². The molecule has 0 bridgehead atoms. The molecule has 1 amide bonds. The molecule has 110 valence electrons. The third kappa shape index (κ3) is 3.25. The van der Waals surface area contributed by atoms with E-state index in [1.54, 1.807) is 11.6 Å². The first-order valence-electron chi connectivity index (χ1n) is 6.54. The average molecular weight is 288 g/mol. The molecule has 0 aliphatic carbocycles. The molecule has 2 aromatic rings. The van der Waals surface area contributed by atoms with Gasteiger partial charge in [0, 0.05) is 0 Å². The van der Waals surface area contributed by atoms with Crippen molar-refractivity contribution in [3.63, 3.8) is 0 Å². The van der Waals surface area contributed by atoms with Gasteiger partial charge in [0.1, 0.15) is 6.54 Å². The van der Waals surface area contributed by atoms with Crippen LogP contribution in [0, 0.1) is 6.92 Å². The summed E-state index contributed by atoms with van der Waals surface area (Å²) >= 11 is 0. The van der Waals surface area contributed by atoms with Gasteiger partial charge in [-0.1, -0.05) is 24.3 Å². The Hall–Kier alpha value is -2.70. The number of carboxylic acid groups (broad SMARTS) is 1. The van der Waals surface area contributed by atoms with Crippen LogP contribution in [0.3, 0.4) is 0 Å². The Kier molecular flexibility index (Phi) is 4.32. The lowest BCUT2D eigenvalue weighted by Gasteiger charge is -2.05. The second kappa shape index (κ2) is 6.17. The van der Waals surface area contributed by atoms with E-state index in [0.29, 0.717) is 5.69 Å². The van der Waals surface area contributed by atoms with Crippen LogP contribution >= 0.6 is 0 Å². The van der Waals surface area contributed by atoms with Gasteiger partial charge in [0.25, 0.3) is 5.91 Å². The standard InChI is InChI=1S/C14H16N4O3/c1-3-10-4-6-11(7-5-10)18-9(2)13(16-17-18)14(21)15-8-12(19)20/h4-7H,3,8H2,1-2H3,(H,15,21)(H,19,20). The van der Waals surface area contributed by atoms with Crippen LogP contribution in [-0.2, 0) is 11.2 Å². The molecule has 21 heavy (non-hydrogen) atoms. The highest BCUT2D eigenvalue weighted by Crippen LogP contribution is 2.13. The Bertz CT molecular complexity index is 661. The van der Waals surface area contributed by atoms with Crippen molar-refractivity contribution in [2.45, 2.75) is 20.3 Å². The number of aliphatic carboxylic acids is 1. The third-order valence-corrected chi connectivity index (χ3v) is 3.10. The zero-order chi connectivity index (χ0) is 15.4. The minimum Gasteiger partial charge on any atom is -0.480 e. The van der Waals surface area contributed by atoms with Crippen molar-refractivity contribution in [1.29, 1.82) is 0 Å². The Morgan fingerprint density at radius 3 is 2.52 bits per heavy atom. The van der Waals surface area contributed by atoms with Gasteiger partial charge >= 0.3 is 5.97 Å². The highest BCUT2D eigenvalue weighted by molar-refractivity contribution is 5.94. The zero-order valence-corrected chi connectivity index (χ0v) is 11.8. The molecule has 7 heteroatoms. The average Bonchev–Trinajstić information content (AvgIpc) is 2.86. The molecule has 0 radical (unpaired) electrons. The van der Waals surface area contributed by atoms with Crippen LogP contribution in [-0.4, -0.2) is 38.5 Å². The molecule has 0 aliphatic heterocycles. The third-order valence-electron chi connectivity index (χ3n) is 3.10. The van der Waals surface area contributed by atoms with E-state index in [0.717, 1.165) is 12.1 Å². The summed E-state index contributed by atoms with van der Waals surface area (Å²) in [4.78, 5) is 22.3. The van der Waals surface area contributed by atoms with Crippen LogP contribution in [0.5, 0.6) is 0 Å². The number of amides is 1. The molecule has 1 aromatic carbocycles. The molecule has 0 unspecified atom stereocenters. The number of carbonyl (C=O) groups is 2. The van der Waals surface area contributed by atoms with Gasteiger partial charge in [0.15, 0.2) is 5.69 Å². The van der Waals surface area contributed by atoms with Crippen LogP contribution in [0.1, 0.15) is 28.7 Å². The number of aromatic nitrogens is 3. The number of carboxylic acids is 1. The highest BCUT2D eigenvalue weighted by Gasteiger charge is 2.17. The number of hydrogen-bond acceptors (Lipinski definition) is 4. The van der Waals surface area contributed by atoms with Crippen molar-refractivity contribution in [3.05, 3.63) is 41.2 Å². The smallest absolute Gasteiger partial charge is 0.322 e. The first-order valence-corrected chi connectivity index (χ1v) is 6.54. The number of hydrogen-bond donors (Lipinski definition) is 2. The van der Waals surface area contributed by atoms with Gasteiger partial charge in [-0.15, -0.1) is 5.10 Å². The van der Waals surface area contributed by atoms with E-state index >= 15 is 0 Å². The molecular formula is C14H16N4O3. The van der Waals surface area contributed by atoms with Gasteiger partial charge in [0.05, 0.1) is 11.4 Å². The molecule has 2 rings (SSSR count). The van der Waals surface area contributed by atoms with Gasteiger partial charge in [-0.3, -0.25) is 9.59 Å². The lowest BCUT2D eigenvalue weighted by atomic mass is 10.1. The highest BCUT2D eigenvalue weighted by atomic mass is 16.4. The Balaban J connectivity index is 2.23. The maximum atomic E-state index is 11.8. The molecule has 7 nitrogen and oxygen atoms in total. The second-order valence-electron chi connectivity index (χ2n) is 4.53. The van der Waals surface area contributed by atoms with Crippen LogP contribution < -0.4 is 5.32 Å². The van der Waals surface area contributed by atoms with E-state index in [4.69, 9.17) is 5.11 Å². The fourth-order valence-electron chi connectivity index (χ4n) is 1.90. The fraction of sp³-hybridized carbons (Fsp3) is 0.286. The maximum Gasteiger partial charge on any atom is 0.322 e. The molecule has 0 aliphatic rings. The minimum absolute atomic E-state index is 0.121. The summed E-state index contributed by atoms with van der Waals surface area (Å²) in [5.41, 5.74) is 2.68. The number of aryl methyl sites for hydroxylation is 1. The van der Waals surface area contributed by atoms with E-state index in [1.165, 1.54) is 5.56 Å². The molecule has 1 aromatic heterocycles. The van der Waals surface area contributed by atoms with E-state index in [2.05, 4.69) is 22.6 Å². The molecule has 1 heterocycles. The van der Waals surface area contributed by atoms with Gasteiger partial charge < -0.3 is 10.4 Å². The van der Waals surface area contributed by atoms with E-state index in [9.17, 15) is 9.59 Å². The molecule has 0 saturated heterocycles. The van der Waals surface area contributed by atoms with Crippen molar-refractivity contribution in [1.82, 2.24) is 20.3 Å². The summed E-state index contributed by atoms with van der Waals surface area (Å²) in [7, 11) is 0. The first kappa shape index (κ1) is 14.7. The predicted molar refractivity (Wildman–Crippen MR) is 75.4 cm³/mol. The van der Waals surface area contributed by atoms with Crippen LogP contribution in [0.2, 0.25) is 0 Å². The van der Waals surface area contributed by atoms with Crippen LogP contribution in [0.25, 0.3) is 5.69 Å². The van der Waals surface area contributed by atoms with Crippen molar-refractivity contribution in [3.8, 4) is 5.69 Å². The maximum absolute atomic E-state index is 11.8. The molecule has 2 N–H and O–H groups in total. The molecular weight excluding hydrogens is 272 g/mol. The Morgan fingerprint density at radius 2 is 1.95 bits per heavy atom. The summed E-state index contributed by atoms with van der Waals surface area (Å²) in [5.74, 6) is -1.66. The number of nitrogens with zero attached hydrogens (tertiary/aromatic N) is 3. The fourth-order valence-corrected chi connectivity index (χ4v) is 1.90. The predicted octanol–water partition coefficient (Wildman–Crippen LogP) is 0.953. The molecule has 0 spiro atoms. The lowest BCUT2D eigenvalue weighted by molar-refractivity contribution is -0.135. The molecule has 0 saturated carbocycles. The molecule has 0 atom stereocenters. The number of benzene rings is 1. The van der Waals surface area contributed by atoms with E-state index in [-0.39, 0.29) is 5.69 Å². The number of carbonyl (C=O) groups excluding carboxylic acids is 1. The van der Waals surface area contributed by atoms with Crippen LogP contribution in [0.15, 0.2) is 24.3 Å². The summed E-state index contributed by atoms with van der Waals surface area (Å²) in [6.45, 7) is 3.33. The quantitative estimate of drug-likeness (QED) is 0.853. The largest absolute Gasteiger partial charge is 0.480 e. The van der Waals surface area contributed by atoms with Crippen molar-refractivity contribution in [2.24, 2.45) is 0 Å².